The number of thioether (sulfide) groups is 2. The Hall–Kier alpha value is -3.64. The number of carboxylic acid groups (broad SMARTS) is 1. The summed E-state index contributed by atoms with van der Waals surface area (Å²) in [6.45, 7) is 0. The second-order valence-corrected chi connectivity index (χ2v) is 10.1. The number of nitrogen functional groups attached to an aromatic ring is 1. The molecular formula is C18H16N8O7S3-2. The first-order valence-electron chi connectivity index (χ1n) is 9.89. The highest BCUT2D eigenvalue weighted by atomic mass is 32.2. The maximum atomic E-state index is 12.9. The summed E-state index contributed by atoms with van der Waals surface area (Å²) >= 11 is 3.31. The maximum Gasteiger partial charge on any atom is 0.284 e. The Balaban J connectivity index is 1.51. The Morgan fingerprint density at radius 2 is 2.14 bits per heavy atom. The van der Waals surface area contributed by atoms with E-state index < -0.39 is 40.6 Å². The summed E-state index contributed by atoms with van der Waals surface area (Å²) in [5.74, 6) is -3.74. The van der Waals surface area contributed by atoms with Gasteiger partial charge in [-0.25, -0.2) is 9.67 Å². The molecule has 1 fully saturated rings. The van der Waals surface area contributed by atoms with Crippen molar-refractivity contribution in [3.8, 4) is 5.88 Å². The van der Waals surface area contributed by atoms with E-state index in [2.05, 4.69) is 25.5 Å². The van der Waals surface area contributed by atoms with Crippen molar-refractivity contribution in [2.24, 2.45) is 12.2 Å². The van der Waals surface area contributed by atoms with E-state index in [1.54, 1.807) is 0 Å². The quantitative estimate of drug-likeness (QED) is 0.143. The number of aryl methyl sites for hydroxylation is 1. The second kappa shape index (κ2) is 10.2. The third-order valence-electron chi connectivity index (χ3n) is 4.96. The molecule has 190 valence electrons. The van der Waals surface area contributed by atoms with Crippen LogP contribution in [0, 0.1) is 0 Å². The SMILES string of the molecule is CO/N=C(/C(=O)N[C@@H]1C(=O)N2C(C(=O)[O-])=C(CSc3nc(=O)c([O-])nn3C)CS[C@H]12)c1csc(N)n1. The zero-order valence-electron chi connectivity index (χ0n) is 18.5. The first-order chi connectivity index (χ1) is 17.1. The van der Waals surface area contributed by atoms with E-state index in [1.165, 1.54) is 31.3 Å². The molecule has 0 spiro atoms. The lowest BCUT2D eigenvalue weighted by molar-refractivity contribution is -0.301. The number of fused-ring (bicyclic) bond motifs is 1. The summed E-state index contributed by atoms with van der Waals surface area (Å²) in [5.41, 5.74) is 4.57. The standard InChI is InChI=1S/C18H18N8O7S3/c1-25-18(22-12(28)13(29)23-25)36-4-6-3-34-15-9(14(30)26(15)10(6)16(31)32)21-11(27)8(24-33-2)7-5-35-17(19)20-7/h5,9,15H,3-4H2,1-2H3,(H2,19,20)(H,21,27)(H,23,29)(H,31,32)/p-2/b24-8+/t9-,15-/m1/s1. The normalized spacial score (nSPS) is 19.6. The van der Waals surface area contributed by atoms with E-state index in [0.717, 1.165) is 32.7 Å². The molecule has 2 amide bonds. The number of thiazole rings is 1. The number of hydrogen-bond acceptors (Lipinski definition) is 15. The van der Waals surface area contributed by atoms with Crippen LogP contribution < -0.4 is 26.8 Å². The summed E-state index contributed by atoms with van der Waals surface area (Å²) in [6.07, 6.45) is 0. The van der Waals surface area contributed by atoms with Crippen molar-refractivity contribution >= 4 is 63.5 Å². The topological polar surface area (TPSA) is 221 Å². The van der Waals surface area contributed by atoms with Crippen LogP contribution in [0.25, 0.3) is 0 Å². The van der Waals surface area contributed by atoms with E-state index in [-0.39, 0.29) is 38.9 Å². The Morgan fingerprint density at radius 1 is 1.39 bits per heavy atom. The molecule has 0 unspecified atom stereocenters. The number of nitrogens with one attached hydrogen (secondary N) is 1. The van der Waals surface area contributed by atoms with Gasteiger partial charge in [0.1, 0.15) is 24.2 Å². The van der Waals surface area contributed by atoms with Crippen LogP contribution in [0.5, 0.6) is 5.88 Å². The summed E-state index contributed by atoms with van der Waals surface area (Å²) in [5, 5.41) is 34.1. The molecule has 0 aromatic carbocycles. The molecule has 18 heteroatoms. The molecule has 15 nitrogen and oxygen atoms in total. The van der Waals surface area contributed by atoms with Crippen LogP contribution in [0.15, 0.2) is 31.8 Å². The molecule has 0 radical (unpaired) electrons. The van der Waals surface area contributed by atoms with Crippen LogP contribution in [0.2, 0.25) is 0 Å². The number of oxime groups is 1. The molecule has 0 saturated carbocycles. The van der Waals surface area contributed by atoms with Crippen LogP contribution in [0.4, 0.5) is 5.13 Å². The van der Waals surface area contributed by atoms with Crippen LogP contribution in [0.1, 0.15) is 5.69 Å². The van der Waals surface area contributed by atoms with Gasteiger partial charge in [-0.05, 0) is 5.57 Å². The van der Waals surface area contributed by atoms with Gasteiger partial charge in [0.2, 0.25) is 0 Å². The van der Waals surface area contributed by atoms with E-state index in [0.29, 0.717) is 5.57 Å². The number of carbonyl (C=O) groups is 3. The monoisotopic (exact) mass is 552 g/mol. The number of aliphatic carboxylic acids is 1. The molecule has 36 heavy (non-hydrogen) atoms. The smallest absolute Gasteiger partial charge is 0.284 e. The van der Waals surface area contributed by atoms with Gasteiger partial charge in [-0.15, -0.1) is 23.1 Å². The molecule has 3 N–H and O–H groups in total. The minimum Gasteiger partial charge on any atom is -0.854 e. The zero-order chi connectivity index (χ0) is 26.1. The highest BCUT2D eigenvalue weighted by molar-refractivity contribution is 8.01. The number of β-lactam (4-membered cyclic amide) rings is 1. The Labute approximate surface area is 214 Å². The van der Waals surface area contributed by atoms with E-state index in [4.69, 9.17) is 10.6 Å². The van der Waals surface area contributed by atoms with Gasteiger partial charge in [-0.2, -0.15) is 10.1 Å². The minimum atomic E-state index is -1.57. The first kappa shape index (κ1) is 25.5. The predicted octanol–water partition coefficient (Wildman–Crippen LogP) is -3.17. The van der Waals surface area contributed by atoms with E-state index >= 15 is 0 Å². The molecule has 2 aliphatic heterocycles. The van der Waals surface area contributed by atoms with Gasteiger partial charge >= 0.3 is 0 Å². The lowest BCUT2D eigenvalue weighted by Gasteiger charge is -2.50. The summed E-state index contributed by atoms with van der Waals surface area (Å²) in [4.78, 5) is 62.5. The molecule has 2 atom stereocenters. The number of amides is 2. The lowest BCUT2D eigenvalue weighted by atomic mass is 10.0. The van der Waals surface area contributed by atoms with Crippen LogP contribution in [-0.4, -0.2) is 78.2 Å². The van der Waals surface area contributed by atoms with Gasteiger partial charge in [-0.1, -0.05) is 16.9 Å². The molecule has 2 aromatic heterocycles. The molecule has 4 heterocycles. The average Bonchev–Trinajstić information content (AvgIpc) is 3.27. The Kier molecular flexibility index (Phi) is 7.18. The third-order valence-corrected chi connectivity index (χ3v) is 8.08. The summed E-state index contributed by atoms with van der Waals surface area (Å²) < 4.78 is 1.11. The van der Waals surface area contributed by atoms with Crippen LogP contribution in [-0.2, 0) is 26.3 Å². The number of nitrogens with zero attached hydrogens (tertiary/aromatic N) is 6. The number of rotatable bonds is 8. The molecule has 1 saturated heterocycles. The number of carbonyl (C=O) groups excluding carboxylic acids is 3. The van der Waals surface area contributed by atoms with Crippen molar-refractivity contribution in [3.05, 3.63) is 32.7 Å². The van der Waals surface area contributed by atoms with Gasteiger partial charge in [0.05, 0.1) is 17.5 Å². The Bertz CT molecular complexity index is 1370. The van der Waals surface area contributed by atoms with Crippen molar-refractivity contribution in [2.75, 3.05) is 24.3 Å². The van der Waals surface area contributed by atoms with Gasteiger partial charge in [0.25, 0.3) is 17.4 Å². The average molecular weight is 553 g/mol. The van der Waals surface area contributed by atoms with Gasteiger partial charge in [0.15, 0.2) is 16.0 Å². The van der Waals surface area contributed by atoms with Crippen molar-refractivity contribution < 1.29 is 29.4 Å². The first-order valence-corrected chi connectivity index (χ1v) is 12.8. The van der Waals surface area contributed by atoms with Gasteiger partial charge in [-0.3, -0.25) is 19.3 Å². The van der Waals surface area contributed by atoms with Crippen molar-refractivity contribution in [1.82, 2.24) is 30.0 Å². The maximum absolute atomic E-state index is 12.9. The highest BCUT2D eigenvalue weighted by Gasteiger charge is 2.53. The van der Waals surface area contributed by atoms with E-state index in [1.807, 2.05) is 0 Å². The molecule has 2 aliphatic rings. The van der Waals surface area contributed by atoms with Crippen molar-refractivity contribution in [2.45, 2.75) is 16.6 Å². The zero-order valence-corrected chi connectivity index (χ0v) is 20.9. The summed E-state index contributed by atoms with van der Waals surface area (Å²) in [6, 6.07) is -1.03. The predicted molar refractivity (Wildman–Crippen MR) is 125 cm³/mol. The molecule has 4 rings (SSSR count). The third kappa shape index (κ3) is 4.73. The van der Waals surface area contributed by atoms with Gasteiger partial charge in [0, 0.05) is 23.9 Å². The fourth-order valence-electron chi connectivity index (χ4n) is 3.39. The van der Waals surface area contributed by atoms with Crippen LogP contribution in [0.3, 0.4) is 0 Å². The fraction of sp³-hybridized carbons (Fsp3) is 0.333. The molecule has 0 aliphatic carbocycles. The number of hydrogen-bond donors (Lipinski definition) is 2. The molecule has 2 aromatic rings. The molecule has 0 bridgehead atoms. The summed E-state index contributed by atoms with van der Waals surface area (Å²) in [7, 11) is 2.66. The van der Waals surface area contributed by atoms with Crippen LogP contribution >= 0.6 is 34.9 Å². The minimum absolute atomic E-state index is 0.0416. The number of aromatic nitrogens is 4. The fourth-order valence-corrected chi connectivity index (χ4v) is 6.33. The number of nitrogens with two attached hydrogens (primary N) is 1. The Morgan fingerprint density at radius 3 is 2.78 bits per heavy atom. The molecular weight excluding hydrogens is 536 g/mol. The highest BCUT2D eigenvalue weighted by Crippen LogP contribution is 2.41. The van der Waals surface area contributed by atoms with E-state index in [9.17, 15) is 29.4 Å². The number of anilines is 1. The second-order valence-electron chi connectivity index (χ2n) is 7.21. The van der Waals surface area contributed by atoms with Crippen molar-refractivity contribution in [3.63, 3.8) is 0 Å². The largest absolute Gasteiger partial charge is 0.854 e. The number of carboxylic acids is 1. The lowest BCUT2D eigenvalue weighted by Crippen LogP contribution is -2.71. The van der Waals surface area contributed by atoms with Crippen molar-refractivity contribution in [1.29, 1.82) is 0 Å². The van der Waals surface area contributed by atoms with Gasteiger partial charge < -0.3 is 30.9 Å².